The Balaban J connectivity index is 1.70. The summed E-state index contributed by atoms with van der Waals surface area (Å²) in [7, 11) is 0. The summed E-state index contributed by atoms with van der Waals surface area (Å²) in [5, 5.41) is 4.97. The van der Waals surface area contributed by atoms with E-state index in [0.717, 1.165) is 16.2 Å². The van der Waals surface area contributed by atoms with Crippen molar-refractivity contribution in [3.8, 4) is 11.3 Å². The van der Waals surface area contributed by atoms with Crippen LogP contribution in [0, 0.1) is 0 Å². The molecular weight excluding hydrogens is 314 g/mol. The molecule has 0 saturated carbocycles. The summed E-state index contributed by atoms with van der Waals surface area (Å²) in [6.45, 7) is 1.54. The molecule has 0 spiro atoms. The largest absolute Gasteiger partial charge is 0.300 e. The second-order valence-corrected chi connectivity index (χ2v) is 6.08. The van der Waals surface area contributed by atoms with Gasteiger partial charge < -0.3 is 5.32 Å². The fourth-order valence-electron chi connectivity index (χ4n) is 2.43. The van der Waals surface area contributed by atoms with Crippen LogP contribution in [-0.4, -0.2) is 33.6 Å². The minimum atomic E-state index is -0.832. The van der Waals surface area contributed by atoms with Crippen molar-refractivity contribution < 1.29 is 14.4 Å². The van der Waals surface area contributed by atoms with E-state index in [2.05, 4.69) is 10.3 Å². The number of nitrogens with one attached hydrogen (secondary N) is 1. The van der Waals surface area contributed by atoms with Gasteiger partial charge in [-0.2, -0.15) is 0 Å². The van der Waals surface area contributed by atoms with Crippen molar-refractivity contribution in [2.75, 3.05) is 5.32 Å². The van der Waals surface area contributed by atoms with E-state index in [-0.39, 0.29) is 24.7 Å². The number of aromatic nitrogens is 1. The standard InChI is InChI=1S/C16H15N3O3S/c1-10(19-13(20)7-8-14(19)21)15(22)18-16-17-12(9-23-16)11-5-3-2-4-6-11/h2-6,9-10H,7-8H2,1H3,(H,17,18,22)/t10-/m1/s1. The maximum atomic E-state index is 12.2. The molecule has 6 nitrogen and oxygen atoms in total. The molecule has 1 aliphatic rings. The summed E-state index contributed by atoms with van der Waals surface area (Å²) in [5.74, 6) is -1.02. The molecule has 0 unspecified atom stereocenters. The van der Waals surface area contributed by atoms with Crippen LogP contribution in [0.15, 0.2) is 35.7 Å². The molecule has 0 bridgehead atoms. The summed E-state index contributed by atoms with van der Waals surface area (Å²) < 4.78 is 0. The first-order valence-electron chi connectivity index (χ1n) is 7.23. The summed E-state index contributed by atoms with van der Waals surface area (Å²) in [5.41, 5.74) is 1.73. The van der Waals surface area contributed by atoms with E-state index in [1.807, 2.05) is 35.7 Å². The molecule has 1 aromatic heterocycles. The summed E-state index contributed by atoms with van der Waals surface area (Å²) >= 11 is 1.30. The van der Waals surface area contributed by atoms with E-state index in [1.54, 1.807) is 6.92 Å². The van der Waals surface area contributed by atoms with Crippen molar-refractivity contribution >= 4 is 34.2 Å². The van der Waals surface area contributed by atoms with Gasteiger partial charge >= 0.3 is 0 Å². The molecule has 3 rings (SSSR count). The molecule has 1 saturated heterocycles. The van der Waals surface area contributed by atoms with Crippen LogP contribution in [0.1, 0.15) is 19.8 Å². The molecular formula is C16H15N3O3S. The maximum Gasteiger partial charge on any atom is 0.249 e. The highest BCUT2D eigenvalue weighted by Gasteiger charge is 2.36. The first-order chi connectivity index (χ1) is 11.1. The number of nitrogens with zero attached hydrogens (tertiary/aromatic N) is 2. The Morgan fingerprint density at radius 2 is 1.87 bits per heavy atom. The molecule has 0 aliphatic carbocycles. The zero-order chi connectivity index (χ0) is 16.4. The van der Waals surface area contributed by atoms with E-state index >= 15 is 0 Å². The summed E-state index contributed by atoms with van der Waals surface area (Å²) in [4.78, 5) is 41.0. The molecule has 1 aliphatic heterocycles. The minimum absolute atomic E-state index is 0.172. The Hall–Kier alpha value is -2.54. The van der Waals surface area contributed by atoms with Gasteiger partial charge in [0.1, 0.15) is 6.04 Å². The van der Waals surface area contributed by atoms with Crippen LogP contribution in [0.5, 0.6) is 0 Å². The third kappa shape index (κ3) is 3.14. The quantitative estimate of drug-likeness (QED) is 0.873. The van der Waals surface area contributed by atoms with Gasteiger partial charge in [0, 0.05) is 23.8 Å². The predicted octanol–water partition coefficient (Wildman–Crippen LogP) is 2.29. The lowest BCUT2D eigenvalue weighted by atomic mass is 10.2. The fourth-order valence-corrected chi connectivity index (χ4v) is 3.15. The van der Waals surface area contributed by atoms with Crippen LogP contribution in [0.2, 0.25) is 0 Å². The lowest BCUT2D eigenvalue weighted by molar-refractivity contribution is -0.144. The SMILES string of the molecule is C[C@H](C(=O)Nc1nc(-c2ccccc2)cs1)N1C(=O)CCC1=O. The number of hydrogen-bond acceptors (Lipinski definition) is 5. The van der Waals surface area contributed by atoms with Crippen LogP contribution in [-0.2, 0) is 14.4 Å². The maximum absolute atomic E-state index is 12.2. The van der Waals surface area contributed by atoms with E-state index < -0.39 is 11.9 Å². The number of likely N-dealkylation sites (tertiary alicyclic amines) is 1. The van der Waals surface area contributed by atoms with Crippen molar-refractivity contribution in [2.45, 2.75) is 25.8 Å². The highest BCUT2D eigenvalue weighted by atomic mass is 32.1. The molecule has 2 aromatic rings. The van der Waals surface area contributed by atoms with E-state index in [9.17, 15) is 14.4 Å². The number of rotatable bonds is 4. The lowest BCUT2D eigenvalue weighted by Crippen LogP contribution is -2.44. The molecule has 118 valence electrons. The van der Waals surface area contributed by atoms with Gasteiger partial charge in [-0.25, -0.2) is 4.98 Å². The third-order valence-corrected chi connectivity index (χ3v) is 4.42. The van der Waals surface area contributed by atoms with Gasteiger partial charge in [-0.15, -0.1) is 11.3 Å². The molecule has 7 heteroatoms. The number of carbonyl (C=O) groups excluding carboxylic acids is 3. The molecule has 3 amide bonds. The second-order valence-electron chi connectivity index (χ2n) is 5.23. The first kappa shape index (κ1) is 15.4. The topological polar surface area (TPSA) is 79.4 Å². The van der Waals surface area contributed by atoms with Gasteiger partial charge in [-0.3, -0.25) is 19.3 Å². The smallest absolute Gasteiger partial charge is 0.249 e. The molecule has 23 heavy (non-hydrogen) atoms. The number of amides is 3. The van der Waals surface area contributed by atoms with Gasteiger partial charge in [-0.1, -0.05) is 30.3 Å². The van der Waals surface area contributed by atoms with Gasteiger partial charge in [0.15, 0.2) is 5.13 Å². The molecule has 1 fully saturated rings. The van der Waals surface area contributed by atoms with Crippen molar-refractivity contribution in [2.24, 2.45) is 0 Å². The van der Waals surface area contributed by atoms with Gasteiger partial charge in [-0.05, 0) is 6.92 Å². The number of thiazole rings is 1. The molecule has 1 aromatic carbocycles. The minimum Gasteiger partial charge on any atom is -0.300 e. The monoisotopic (exact) mass is 329 g/mol. The zero-order valence-electron chi connectivity index (χ0n) is 12.5. The van der Waals surface area contributed by atoms with Crippen LogP contribution in [0.3, 0.4) is 0 Å². The molecule has 2 heterocycles. The highest BCUT2D eigenvalue weighted by Crippen LogP contribution is 2.25. The van der Waals surface area contributed by atoms with Gasteiger partial charge in [0.2, 0.25) is 17.7 Å². The summed E-state index contributed by atoms with van der Waals surface area (Å²) in [6, 6.07) is 8.79. The Morgan fingerprint density at radius 3 is 2.52 bits per heavy atom. The van der Waals surface area contributed by atoms with Crippen molar-refractivity contribution in [3.63, 3.8) is 0 Å². The molecule has 1 N–H and O–H groups in total. The fraction of sp³-hybridized carbons (Fsp3) is 0.250. The van der Waals surface area contributed by atoms with Crippen molar-refractivity contribution in [3.05, 3.63) is 35.7 Å². The second kappa shape index (κ2) is 6.29. The van der Waals surface area contributed by atoms with Crippen molar-refractivity contribution in [1.82, 2.24) is 9.88 Å². The lowest BCUT2D eigenvalue weighted by Gasteiger charge is -2.20. The number of benzene rings is 1. The van der Waals surface area contributed by atoms with Crippen LogP contribution in [0.4, 0.5) is 5.13 Å². The predicted molar refractivity (Wildman–Crippen MR) is 86.7 cm³/mol. The Morgan fingerprint density at radius 1 is 1.22 bits per heavy atom. The number of carbonyl (C=O) groups is 3. The normalized spacial score (nSPS) is 15.8. The van der Waals surface area contributed by atoms with Crippen LogP contribution < -0.4 is 5.32 Å². The third-order valence-electron chi connectivity index (χ3n) is 3.66. The Kier molecular flexibility index (Phi) is 4.20. The highest BCUT2D eigenvalue weighted by molar-refractivity contribution is 7.14. The zero-order valence-corrected chi connectivity index (χ0v) is 13.3. The van der Waals surface area contributed by atoms with E-state index in [0.29, 0.717) is 5.13 Å². The average molecular weight is 329 g/mol. The van der Waals surface area contributed by atoms with E-state index in [1.165, 1.54) is 11.3 Å². The number of hydrogen-bond donors (Lipinski definition) is 1. The Labute approximate surface area is 137 Å². The van der Waals surface area contributed by atoms with Gasteiger partial charge in [0.05, 0.1) is 5.69 Å². The van der Waals surface area contributed by atoms with Crippen molar-refractivity contribution in [1.29, 1.82) is 0 Å². The summed E-state index contributed by atoms with van der Waals surface area (Å²) in [6.07, 6.45) is 0.345. The van der Waals surface area contributed by atoms with E-state index in [4.69, 9.17) is 0 Å². The Bertz CT molecular complexity index is 741. The number of imide groups is 1. The van der Waals surface area contributed by atoms with Crippen LogP contribution >= 0.6 is 11.3 Å². The number of anilines is 1. The average Bonchev–Trinajstić information content (AvgIpc) is 3.14. The van der Waals surface area contributed by atoms with Crippen LogP contribution in [0.25, 0.3) is 11.3 Å². The van der Waals surface area contributed by atoms with Gasteiger partial charge in [0.25, 0.3) is 0 Å². The molecule has 0 radical (unpaired) electrons. The first-order valence-corrected chi connectivity index (χ1v) is 8.11. The molecule has 1 atom stereocenters.